The van der Waals surface area contributed by atoms with Crippen LogP contribution in [0.25, 0.3) is 0 Å². The van der Waals surface area contributed by atoms with E-state index in [1.807, 2.05) is 13.8 Å². The minimum Gasteiger partial charge on any atom is -0.369 e. The van der Waals surface area contributed by atoms with Crippen molar-refractivity contribution in [2.75, 3.05) is 6.61 Å². The fourth-order valence-electron chi connectivity index (χ4n) is 2.01. The van der Waals surface area contributed by atoms with E-state index in [-0.39, 0.29) is 17.4 Å². The smallest absolute Gasteiger partial charge is 0.249 e. The van der Waals surface area contributed by atoms with Gasteiger partial charge in [-0.15, -0.1) is 0 Å². The first-order chi connectivity index (χ1) is 9.25. The normalized spacial score (nSPS) is 14.7. The van der Waals surface area contributed by atoms with Gasteiger partial charge in [0.05, 0.1) is 6.04 Å². The molecule has 0 aliphatic carbocycles. The van der Waals surface area contributed by atoms with Gasteiger partial charge in [0.2, 0.25) is 5.91 Å². The summed E-state index contributed by atoms with van der Waals surface area (Å²) in [6.07, 6.45) is -0.406. The van der Waals surface area contributed by atoms with Gasteiger partial charge in [0.1, 0.15) is 6.10 Å². The van der Waals surface area contributed by atoms with Gasteiger partial charge < -0.3 is 10.1 Å². The van der Waals surface area contributed by atoms with Gasteiger partial charge in [-0.05, 0) is 37.3 Å². The van der Waals surface area contributed by atoms with Gasteiger partial charge in [-0.2, -0.15) is 0 Å². The Balaban J connectivity index is 2.69. The number of hydrogen-bond acceptors (Lipinski definition) is 2. The van der Waals surface area contributed by atoms with E-state index >= 15 is 0 Å². The summed E-state index contributed by atoms with van der Waals surface area (Å²) in [5.74, 6) is -0.0701. The van der Waals surface area contributed by atoms with E-state index in [4.69, 9.17) is 4.74 Å². The number of ether oxygens (including phenoxy) is 1. The van der Waals surface area contributed by atoms with E-state index in [1.165, 1.54) is 5.56 Å². The lowest BCUT2D eigenvalue weighted by Gasteiger charge is -2.21. The predicted octanol–water partition coefficient (Wildman–Crippen LogP) is 3.59. The van der Waals surface area contributed by atoms with Crippen LogP contribution in [0.3, 0.4) is 0 Å². The van der Waals surface area contributed by atoms with E-state index in [9.17, 15) is 4.79 Å². The second-order valence-electron chi connectivity index (χ2n) is 6.20. The Labute approximate surface area is 122 Å². The molecule has 0 aliphatic heterocycles. The van der Waals surface area contributed by atoms with Gasteiger partial charge >= 0.3 is 0 Å². The summed E-state index contributed by atoms with van der Waals surface area (Å²) in [4.78, 5) is 11.9. The van der Waals surface area contributed by atoms with Crippen LogP contribution in [0.15, 0.2) is 24.3 Å². The van der Waals surface area contributed by atoms with Crippen molar-refractivity contribution in [1.82, 2.24) is 5.32 Å². The molecule has 0 radical (unpaired) electrons. The maximum Gasteiger partial charge on any atom is 0.249 e. The van der Waals surface area contributed by atoms with E-state index in [1.54, 1.807) is 6.92 Å². The van der Waals surface area contributed by atoms with Gasteiger partial charge in [0.15, 0.2) is 0 Å². The molecule has 0 saturated heterocycles. The van der Waals surface area contributed by atoms with Crippen LogP contribution in [0, 0.1) is 0 Å². The predicted molar refractivity (Wildman–Crippen MR) is 82.8 cm³/mol. The van der Waals surface area contributed by atoms with Crippen molar-refractivity contribution in [1.29, 1.82) is 0 Å². The fourth-order valence-corrected chi connectivity index (χ4v) is 2.01. The lowest BCUT2D eigenvalue weighted by molar-refractivity contribution is -0.132. The molecule has 0 aromatic heterocycles. The lowest BCUT2D eigenvalue weighted by atomic mass is 9.86. The van der Waals surface area contributed by atoms with Gasteiger partial charge in [-0.3, -0.25) is 4.79 Å². The topological polar surface area (TPSA) is 38.3 Å². The van der Waals surface area contributed by atoms with Gasteiger partial charge in [0.25, 0.3) is 0 Å². The summed E-state index contributed by atoms with van der Waals surface area (Å²) in [5, 5.41) is 2.98. The summed E-state index contributed by atoms with van der Waals surface area (Å²) in [7, 11) is 0. The summed E-state index contributed by atoms with van der Waals surface area (Å²) in [6.45, 7) is 12.8. The zero-order chi connectivity index (χ0) is 15.3. The molecule has 0 spiro atoms. The van der Waals surface area contributed by atoms with E-state index in [0.717, 1.165) is 5.56 Å². The minimum atomic E-state index is -0.406. The molecule has 112 valence electrons. The highest BCUT2D eigenvalue weighted by atomic mass is 16.5. The van der Waals surface area contributed by atoms with Crippen molar-refractivity contribution < 1.29 is 9.53 Å². The zero-order valence-electron chi connectivity index (χ0n) is 13.5. The fraction of sp³-hybridized carbons (Fsp3) is 0.588. The van der Waals surface area contributed by atoms with Gasteiger partial charge in [-0.1, -0.05) is 45.0 Å². The molecule has 1 amide bonds. The van der Waals surface area contributed by atoms with Crippen molar-refractivity contribution in [2.24, 2.45) is 0 Å². The molecule has 20 heavy (non-hydrogen) atoms. The van der Waals surface area contributed by atoms with Crippen LogP contribution in [0.4, 0.5) is 0 Å². The zero-order valence-corrected chi connectivity index (χ0v) is 13.5. The SMILES string of the molecule is CCOC(C)C(=O)NC(C)c1ccc(C(C)(C)C)cc1. The van der Waals surface area contributed by atoms with Crippen molar-refractivity contribution in [3.63, 3.8) is 0 Å². The Hall–Kier alpha value is -1.35. The first kappa shape index (κ1) is 16.7. The Morgan fingerprint density at radius 2 is 1.75 bits per heavy atom. The number of nitrogens with one attached hydrogen (secondary N) is 1. The summed E-state index contributed by atoms with van der Waals surface area (Å²) >= 11 is 0. The molecule has 2 atom stereocenters. The lowest BCUT2D eigenvalue weighted by Crippen LogP contribution is -2.36. The summed E-state index contributed by atoms with van der Waals surface area (Å²) < 4.78 is 5.29. The molecule has 1 N–H and O–H groups in total. The second kappa shape index (κ2) is 6.89. The summed E-state index contributed by atoms with van der Waals surface area (Å²) in [5.41, 5.74) is 2.55. The molecule has 2 unspecified atom stereocenters. The number of carbonyl (C=O) groups is 1. The third-order valence-corrected chi connectivity index (χ3v) is 3.42. The highest BCUT2D eigenvalue weighted by molar-refractivity contribution is 5.80. The van der Waals surface area contributed by atoms with E-state index in [2.05, 4.69) is 50.4 Å². The number of benzene rings is 1. The van der Waals surface area contributed by atoms with Crippen LogP contribution >= 0.6 is 0 Å². The maximum atomic E-state index is 11.9. The highest BCUT2D eigenvalue weighted by Crippen LogP contribution is 2.23. The Bertz CT molecular complexity index is 431. The molecule has 1 rings (SSSR count). The molecular formula is C17H27NO2. The van der Waals surface area contributed by atoms with E-state index < -0.39 is 6.10 Å². The second-order valence-corrected chi connectivity index (χ2v) is 6.20. The molecular weight excluding hydrogens is 250 g/mol. The van der Waals surface area contributed by atoms with Crippen molar-refractivity contribution in [2.45, 2.75) is 59.1 Å². The van der Waals surface area contributed by atoms with Crippen molar-refractivity contribution >= 4 is 5.91 Å². The third-order valence-electron chi connectivity index (χ3n) is 3.42. The van der Waals surface area contributed by atoms with Crippen molar-refractivity contribution in [3.8, 4) is 0 Å². The molecule has 0 bridgehead atoms. The molecule has 0 aliphatic rings. The van der Waals surface area contributed by atoms with Crippen LogP contribution in [0.2, 0.25) is 0 Å². The molecule has 0 saturated carbocycles. The molecule has 1 aromatic carbocycles. The standard InChI is InChI=1S/C17H27NO2/c1-7-20-13(3)16(19)18-12(2)14-8-10-15(11-9-14)17(4,5)6/h8-13H,7H2,1-6H3,(H,18,19). The first-order valence-electron chi connectivity index (χ1n) is 7.28. The van der Waals surface area contributed by atoms with Crippen LogP contribution in [-0.2, 0) is 14.9 Å². The molecule has 1 aromatic rings. The van der Waals surface area contributed by atoms with Gasteiger partial charge in [0, 0.05) is 6.61 Å². The monoisotopic (exact) mass is 277 g/mol. The Morgan fingerprint density at radius 3 is 2.20 bits per heavy atom. The maximum absolute atomic E-state index is 11.9. The van der Waals surface area contributed by atoms with Crippen LogP contribution in [0.5, 0.6) is 0 Å². The molecule has 3 nitrogen and oxygen atoms in total. The first-order valence-corrected chi connectivity index (χ1v) is 7.28. The quantitative estimate of drug-likeness (QED) is 0.893. The summed E-state index contributed by atoms with van der Waals surface area (Å²) in [6, 6.07) is 8.40. The van der Waals surface area contributed by atoms with Crippen molar-refractivity contribution in [3.05, 3.63) is 35.4 Å². The van der Waals surface area contributed by atoms with Crippen LogP contribution in [0.1, 0.15) is 58.7 Å². The average molecular weight is 277 g/mol. The highest BCUT2D eigenvalue weighted by Gasteiger charge is 2.17. The average Bonchev–Trinajstić information content (AvgIpc) is 2.38. The molecule has 0 fully saturated rings. The third kappa shape index (κ3) is 4.64. The van der Waals surface area contributed by atoms with Crippen LogP contribution < -0.4 is 5.32 Å². The van der Waals surface area contributed by atoms with E-state index in [0.29, 0.717) is 6.61 Å². The molecule has 3 heteroatoms. The number of carbonyl (C=O) groups excluding carboxylic acids is 1. The number of rotatable bonds is 5. The largest absolute Gasteiger partial charge is 0.369 e. The Morgan fingerprint density at radius 1 is 1.20 bits per heavy atom. The Kier molecular flexibility index (Phi) is 5.75. The number of amides is 1. The van der Waals surface area contributed by atoms with Gasteiger partial charge in [-0.25, -0.2) is 0 Å². The van der Waals surface area contributed by atoms with Crippen LogP contribution in [-0.4, -0.2) is 18.6 Å². The minimum absolute atomic E-state index is 0.0144. The number of hydrogen-bond donors (Lipinski definition) is 1. The molecule has 0 heterocycles.